The molecule has 3 aromatic carbocycles. The Morgan fingerprint density at radius 3 is 2.35 bits per heavy atom. The fourth-order valence-corrected chi connectivity index (χ4v) is 3.89. The van der Waals surface area contributed by atoms with E-state index in [9.17, 15) is 14.0 Å². The lowest BCUT2D eigenvalue weighted by molar-refractivity contribution is -0.116. The summed E-state index contributed by atoms with van der Waals surface area (Å²) in [5, 5.41) is 6.71. The summed E-state index contributed by atoms with van der Waals surface area (Å²) in [7, 11) is 0. The minimum Gasteiger partial charge on any atom is -0.486 e. The van der Waals surface area contributed by atoms with E-state index in [-0.39, 0.29) is 18.6 Å². The quantitative estimate of drug-likeness (QED) is 0.453. The summed E-state index contributed by atoms with van der Waals surface area (Å²) < 4.78 is 26.0. The zero-order chi connectivity index (χ0) is 23.5. The predicted molar refractivity (Wildman–Crippen MR) is 128 cm³/mol. The average Bonchev–Trinajstić information content (AvgIpc) is 2.86. The van der Waals surface area contributed by atoms with Crippen LogP contribution in [0.1, 0.15) is 5.56 Å². The molecular weight excluding hydrogens is 437 g/mol. The minimum atomic E-state index is -0.405. The molecule has 1 aliphatic rings. The molecule has 0 bridgehead atoms. The molecule has 1 aromatic heterocycles. The van der Waals surface area contributed by atoms with E-state index in [0.29, 0.717) is 41.5 Å². The SMILES string of the molecule is O=C(Cn1c(=O)c(CNc2ccccc2)cc2cc3c(cc21)OCCO3)Nc1ccc(F)cc1. The van der Waals surface area contributed by atoms with Crippen LogP contribution in [-0.4, -0.2) is 23.7 Å². The van der Waals surface area contributed by atoms with Crippen LogP contribution in [0.15, 0.2) is 77.6 Å². The molecule has 5 rings (SSSR count). The molecule has 34 heavy (non-hydrogen) atoms. The van der Waals surface area contributed by atoms with Gasteiger partial charge in [0.15, 0.2) is 11.5 Å². The number of fused-ring (bicyclic) bond motifs is 2. The Labute approximate surface area is 194 Å². The molecule has 0 aliphatic carbocycles. The number of benzene rings is 3. The van der Waals surface area contributed by atoms with E-state index < -0.39 is 11.7 Å². The van der Waals surface area contributed by atoms with Crippen molar-refractivity contribution < 1.29 is 18.7 Å². The van der Waals surface area contributed by atoms with Crippen molar-refractivity contribution in [2.75, 3.05) is 23.8 Å². The second-order valence-corrected chi connectivity index (χ2v) is 7.89. The van der Waals surface area contributed by atoms with Crippen molar-refractivity contribution in [3.63, 3.8) is 0 Å². The minimum absolute atomic E-state index is 0.217. The highest BCUT2D eigenvalue weighted by Gasteiger charge is 2.18. The van der Waals surface area contributed by atoms with Gasteiger partial charge in [-0.3, -0.25) is 14.2 Å². The van der Waals surface area contributed by atoms with Crippen LogP contribution < -0.4 is 25.7 Å². The van der Waals surface area contributed by atoms with Crippen molar-refractivity contribution in [2.24, 2.45) is 0 Å². The number of aromatic nitrogens is 1. The van der Waals surface area contributed by atoms with Gasteiger partial charge < -0.3 is 20.1 Å². The van der Waals surface area contributed by atoms with Gasteiger partial charge in [0.1, 0.15) is 25.6 Å². The molecule has 1 amide bonds. The van der Waals surface area contributed by atoms with Crippen LogP contribution >= 0.6 is 0 Å². The number of hydrogen-bond donors (Lipinski definition) is 2. The number of rotatable bonds is 6. The predicted octanol–water partition coefficient (Wildman–Crippen LogP) is 4.16. The molecular formula is C26H22FN3O4. The van der Waals surface area contributed by atoms with Crippen molar-refractivity contribution in [3.05, 3.63) is 94.5 Å². The summed E-state index contributed by atoms with van der Waals surface area (Å²) in [6.07, 6.45) is 0. The van der Waals surface area contributed by atoms with E-state index in [2.05, 4.69) is 10.6 Å². The first-order chi connectivity index (χ1) is 16.6. The Bertz CT molecular complexity index is 1400. The Morgan fingerprint density at radius 1 is 0.912 bits per heavy atom. The Balaban J connectivity index is 1.51. The third-order valence-corrected chi connectivity index (χ3v) is 5.52. The fourth-order valence-electron chi connectivity index (χ4n) is 3.89. The van der Waals surface area contributed by atoms with Crippen LogP contribution in [0, 0.1) is 5.82 Å². The second kappa shape index (κ2) is 9.27. The highest BCUT2D eigenvalue weighted by atomic mass is 19.1. The van der Waals surface area contributed by atoms with E-state index >= 15 is 0 Å². The first kappa shape index (κ1) is 21.5. The van der Waals surface area contributed by atoms with E-state index in [1.165, 1.54) is 28.8 Å². The molecule has 0 unspecified atom stereocenters. The van der Waals surface area contributed by atoms with Gasteiger partial charge in [0.05, 0.1) is 5.52 Å². The third-order valence-electron chi connectivity index (χ3n) is 5.52. The number of carbonyl (C=O) groups excluding carboxylic acids is 1. The van der Waals surface area contributed by atoms with E-state index in [1.807, 2.05) is 36.4 Å². The molecule has 0 fully saturated rings. The Morgan fingerprint density at radius 2 is 1.62 bits per heavy atom. The molecule has 0 atom stereocenters. The lowest BCUT2D eigenvalue weighted by atomic mass is 10.1. The van der Waals surface area contributed by atoms with Gasteiger partial charge >= 0.3 is 0 Å². The lowest BCUT2D eigenvalue weighted by Gasteiger charge is -2.21. The number of para-hydroxylation sites is 1. The van der Waals surface area contributed by atoms with Crippen LogP contribution in [0.5, 0.6) is 11.5 Å². The molecule has 1 aliphatic heterocycles. The number of anilines is 2. The number of nitrogens with one attached hydrogen (secondary N) is 2. The highest BCUT2D eigenvalue weighted by molar-refractivity contribution is 5.92. The first-order valence-electron chi connectivity index (χ1n) is 10.9. The topological polar surface area (TPSA) is 81.6 Å². The number of pyridine rings is 1. The molecule has 0 radical (unpaired) electrons. The Kier molecular flexibility index (Phi) is 5.86. The average molecular weight is 459 g/mol. The maximum Gasteiger partial charge on any atom is 0.256 e. The standard InChI is InChI=1S/C26H22FN3O4/c27-19-6-8-21(9-7-19)29-25(31)16-30-22-14-24-23(33-10-11-34-24)13-17(22)12-18(26(30)32)15-28-20-4-2-1-3-5-20/h1-9,12-14,28H,10-11,15-16H2,(H,29,31). The zero-order valence-corrected chi connectivity index (χ0v) is 18.2. The van der Waals surface area contributed by atoms with Gasteiger partial charge in [0.2, 0.25) is 5.91 Å². The zero-order valence-electron chi connectivity index (χ0n) is 18.2. The van der Waals surface area contributed by atoms with Crippen molar-refractivity contribution >= 4 is 28.2 Å². The summed E-state index contributed by atoms with van der Waals surface area (Å²) >= 11 is 0. The number of carbonyl (C=O) groups is 1. The molecule has 2 heterocycles. The molecule has 4 aromatic rings. The van der Waals surface area contributed by atoms with Crippen LogP contribution in [0.3, 0.4) is 0 Å². The number of hydrogen-bond acceptors (Lipinski definition) is 5. The van der Waals surface area contributed by atoms with E-state index in [4.69, 9.17) is 9.47 Å². The van der Waals surface area contributed by atoms with E-state index in [0.717, 1.165) is 11.1 Å². The molecule has 8 heteroatoms. The van der Waals surface area contributed by atoms with Crippen LogP contribution in [0.25, 0.3) is 10.9 Å². The molecule has 0 saturated carbocycles. The molecule has 2 N–H and O–H groups in total. The monoisotopic (exact) mass is 459 g/mol. The first-order valence-corrected chi connectivity index (χ1v) is 10.9. The molecule has 0 spiro atoms. The largest absolute Gasteiger partial charge is 0.486 e. The molecule has 0 saturated heterocycles. The summed E-state index contributed by atoms with van der Waals surface area (Å²) in [5.41, 5.74) is 2.10. The van der Waals surface area contributed by atoms with Crippen LogP contribution in [-0.2, 0) is 17.9 Å². The van der Waals surface area contributed by atoms with Crippen molar-refractivity contribution in [3.8, 4) is 11.5 Å². The maximum absolute atomic E-state index is 13.4. The van der Waals surface area contributed by atoms with Crippen molar-refractivity contribution in [2.45, 2.75) is 13.1 Å². The van der Waals surface area contributed by atoms with E-state index in [1.54, 1.807) is 12.1 Å². The van der Waals surface area contributed by atoms with Crippen molar-refractivity contribution in [1.29, 1.82) is 0 Å². The summed E-state index contributed by atoms with van der Waals surface area (Å²) in [4.78, 5) is 26.2. The normalized spacial score (nSPS) is 12.4. The summed E-state index contributed by atoms with van der Waals surface area (Å²) in [5.74, 6) is 0.326. The van der Waals surface area contributed by atoms with Gasteiger partial charge in [-0.15, -0.1) is 0 Å². The number of nitrogens with zero attached hydrogens (tertiary/aromatic N) is 1. The van der Waals surface area contributed by atoms with Gasteiger partial charge in [-0.25, -0.2) is 4.39 Å². The van der Waals surface area contributed by atoms with Gasteiger partial charge in [-0.05, 0) is 48.5 Å². The number of amides is 1. The summed E-state index contributed by atoms with van der Waals surface area (Å²) in [6.45, 7) is 0.922. The number of ether oxygens (including phenoxy) is 2. The Hall–Kier alpha value is -4.33. The second-order valence-electron chi connectivity index (χ2n) is 7.89. The van der Waals surface area contributed by atoms with Crippen molar-refractivity contribution in [1.82, 2.24) is 4.57 Å². The number of halogens is 1. The third kappa shape index (κ3) is 4.56. The van der Waals surface area contributed by atoms with Gasteiger partial charge in [-0.2, -0.15) is 0 Å². The maximum atomic E-state index is 13.4. The van der Waals surface area contributed by atoms with Gasteiger partial charge in [-0.1, -0.05) is 18.2 Å². The lowest BCUT2D eigenvalue weighted by Crippen LogP contribution is -2.31. The smallest absolute Gasteiger partial charge is 0.256 e. The fraction of sp³-hybridized carbons (Fsp3) is 0.154. The molecule has 7 nitrogen and oxygen atoms in total. The highest BCUT2D eigenvalue weighted by Crippen LogP contribution is 2.34. The van der Waals surface area contributed by atoms with Crippen LogP contribution in [0.4, 0.5) is 15.8 Å². The van der Waals surface area contributed by atoms with Gasteiger partial charge in [0.25, 0.3) is 5.56 Å². The molecule has 172 valence electrons. The van der Waals surface area contributed by atoms with Crippen LogP contribution in [0.2, 0.25) is 0 Å². The van der Waals surface area contributed by atoms with Gasteiger partial charge in [0, 0.05) is 34.9 Å². The summed E-state index contributed by atoms with van der Waals surface area (Å²) in [6, 6.07) is 20.4.